The molecule has 0 heterocycles. The van der Waals surface area contributed by atoms with Gasteiger partial charge in [0.2, 0.25) is 0 Å². The number of rotatable bonds is 2. The zero-order chi connectivity index (χ0) is 11.6. The van der Waals surface area contributed by atoms with Gasteiger partial charge in [-0.2, -0.15) is 0 Å². The van der Waals surface area contributed by atoms with Crippen LogP contribution in [-0.2, 0) is 0 Å². The summed E-state index contributed by atoms with van der Waals surface area (Å²) < 4.78 is 13.3. The van der Waals surface area contributed by atoms with E-state index in [9.17, 15) is 14.3 Å². The highest BCUT2D eigenvalue weighted by molar-refractivity contribution is 5.97. The van der Waals surface area contributed by atoms with Gasteiger partial charge in [-0.1, -0.05) is 6.07 Å². The van der Waals surface area contributed by atoms with E-state index in [4.69, 9.17) is 0 Å². The van der Waals surface area contributed by atoms with Crippen molar-refractivity contribution in [2.45, 2.75) is 19.9 Å². The van der Waals surface area contributed by atoms with Crippen molar-refractivity contribution in [3.05, 3.63) is 29.6 Å². The van der Waals surface area contributed by atoms with Gasteiger partial charge >= 0.3 is 0 Å². The van der Waals surface area contributed by atoms with Crippen LogP contribution in [0.25, 0.3) is 0 Å². The highest BCUT2D eigenvalue weighted by Crippen LogP contribution is 2.21. The fourth-order valence-corrected chi connectivity index (χ4v) is 1.14. The number of hydrogen-bond acceptors (Lipinski definition) is 2. The molecule has 82 valence electrons. The lowest BCUT2D eigenvalue weighted by molar-refractivity contribution is 0.0747. The van der Waals surface area contributed by atoms with Gasteiger partial charge in [0, 0.05) is 13.1 Å². The maximum atomic E-state index is 13.3. The molecule has 1 N–H and O–H groups in total. The summed E-state index contributed by atoms with van der Waals surface area (Å²) in [5, 5.41) is 9.40. The average molecular weight is 211 g/mol. The van der Waals surface area contributed by atoms with Crippen LogP contribution in [0.5, 0.6) is 5.75 Å². The number of benzene rings is 1. The molecule has 3 nitrogen and oxygen atoms in total. The molecule has 1 aromatic carbocycles. The van der Waals surface area contributed by atoms with E-state index in [0.717, 1.165) is 6.07 Å². The van der Waals surface area contributed by atoms with Crippen LogP contribution in [0.15, 0.2) is 18.2 Å². The second kappa shape index (κ2) is 4.29. The Morgan fingerprint density at radius 2 is 2.07 bits per heavy atom. The van der Waals surface area contributed by atoms with Crippen molar-refractivity contribution in [3.63, 3.8) is 0 Å². The molecule has 0 saturated heterocycles. The molecular formula is C11H14FNO2. The third-order valence-corrected chi connectivity index (χ3v) is 2.30. The Morgan fingerprint density at radius 3 is 2.53 bits per heavy atom. The molecule has 0 atom stereocenters. The zero-order valence-corrected chi connectivity index (χ0v) is 8.99. The summed E-state index contributed by atoms with van der Waals surface area (Å²) in [6.45, 7) is 3.63. The van der Waals surface area contributed by atoms with Crippen molar-refractivity contribution in [1.29, 1.82) is 0 Å². The highest BCUT2D eigenvalue weighted by Gasteiger charge is 2.21. The van der Waals surface area contributed by atoms with Crippen LogP contribution in [0.3, 0.4) is 0 Å². The predicted octanol–water partition coefficient (Wildman–Crippen LogP) is 2.01. The van der Waals surface area contributed by atoms with Gasteiger partial charge in [-0.05, 0) is 26.0 Å². The van der Waals surface area contributed by atoms with E-state index in [0.29, 0.717) is 0 Å². The van der Waals surface area contributed by atoms with Gasteiger partial charge in [0.1, 0.15) is 17.1 Å². The molecule has 0 spiro atoms. The lowest BCUT2D eigenvalue weighted by atomic mass is 10.1. The lowest BCUT2D eigenvalue weighted by Crippen LogP contribution is -2.33. The smallest absolute Gasteiger partial charge is 0.260 e. The van der Waals surface area contributed by atoms with Gasteiger partial charge < -0.3 is 10.0 Å². The maximum absolute atomic E-state index is 13.3. The van der Waals surface area contributed by atoms with Crippen molar-refractivity contribution in [3.8, 4) is 5.75 Å². The SMILES string of the molecule is CC(C)N(C)C(=O)c1c(O)cccc1F. The number of carbonyl (C=O) groups is 1. The van der Waals surface area contributed by atoms with E-state index in [1.807, 2.05) is 13.8 Å². The van der Waals surface area contributed by atoms with Crippen LogP contribution in [-0.4, -0.2) is 29.0 Å². The van der Waals surface area contributed by atoms with E-state index in [1.165, 1.54) is 17.0 Å². The van der Waals surface area contributed by atoms with Crippen LogP contribution in [0, 0.1) is 5.82 Å². The normalized spacial score (nSPS) is 10.5. The first-order valence-electron chi connectivity index (χ1n) is 4.69. The Balaban J connectivity index is 3.11. The van der Waals surface area contributed by atoms with Crippen LogP contribution in [0.4, 0.5) is 4.39 Å². The van der Waals surface area contributed by atoms with Gasteiger partial charge in [-0.15, -0.1) is 0 Å². The summed E-state index contributed by atoms with van der Waals surface area (Å²) in [7, 11) is 1.57. The molecule has 0 aromatic heterocycles. The van der Waals surface area contributed by atoms with Crippen molar-refractivity contribution in [2.75, 3.05) is 7.05 Å². The molecule has 0 unspecified atom stereocenters. The summed E-state index contributed by atoms with van der Waals surface area (Å²) in [5.74, 6) is -1.54. The van der Waals surface area contributed by atoms with Crippen molar-refractivity contribution in [2.24, 2.45) is 0 Å². The first kappa shape index (κ1) is 11.5. The van der Waals surface area contributed by atoms with Gasteiger partial charge in [0.15, 0.2) is 0 Å². The second-order valence-corrected chi connectivity index (χ2v) is 3.64. The third kappa shape index (κ3) is 2.26. The summed E-state index contributed by atoms with van der Waals surface area (Å²) >= 11 is 0. The molecule has 0 radical (unpaired) electrons. The average Bonchev–Trinajstić information content (AvgIpc) is 2.15. The van der Waals surface area contributed by atoms with Crippen LogP contribution < -0.4 is 0 Å². The number of halogens is 1. The molecular weight excluding hydrogens is 197 g/mol. The third-order valence-electron chi connectivity index (χ3n) is 2.30. The van der Waals surface area contributed by atoms with Crippen molar-refractivity contribution in [1.82, 2.24) is 4.90 Å². The van der Waals surface area contributed by atoms with E-state index in [-0.39, 0.29) is 17.4 Å². The number of aromatic hydroxyl groups is 1. The topological polar surface area (TPSA) is 40.5 Å². The number of amides is 1. The molecule has 4 heteroatoms. The molecule has 0 bridgehead atoms. The summed E-state index contributed by atoms with van der Waals surface area (Å²) in [5.41, 5.74) is -0.270. The molecule has 0 aliphatic carbocycles. The quantitative estimate of drug-likeness (QED) is 0.812. The zero-order valence-electron chi connectivity index (χ0n) is 8.99. The van der Waals surface area contributed by atoms with Crippen molar-refractivity contribution >= 4 is 5.91 Å². The second-order valence-electron chi connectivity index (χ2n) is 3.64. The Morgan fingerprint density at radius 1 is 1.47 bits per heavy atom. The molecule has 1 aromatic rings. The fraction of sp³-hybridized carbons (Fsp3) is 0.364. The van der Waals surface area contributed by atoms with E-state index >= 15 is 0 Å². The first-order valence-corrected chi connectivity index (χ1v) is 4.69. The molecule has 0 aliphatic heterocycles. The molecule has 0 saturated carbocycles. The van der Waals surface area contributed by atoms with Gasteiger partial charge in [-0.3, -0.25) is 4.79 Å². The molecule has 0 aliphatic rings. The van der Waals surface area contributed by atoms with Gasteiger partial charge in [0.05, 0.1) is 0 Å². The minimum absolute atomic E-state index is 0.0449. The minimum atomic E-state index is -0.701. The number of carbonyl (C=O) groups excluding carboxylic acids is 1. The minimum Gasteiger partial charge on any atom is -0.507 e. The number of phenolic OH excluding ortho intramolecular Hbond substituents is 1. The van der Waals surface area contributed by atoms with E-state index < -0.39 is 11.7 Å². The van der Waals surface area contributed by atoms with Gasteiger partial charge in [0.25, 0.3) is 5.91 Å². The standard InChI is InChI=1S/C11H14FNO2/c1-7(2)13(3)11(15)10-8(12)5-4-6-9(10)14/h4-7,14H,1-3H3. The maximum Gasteiger partial charge on any atom is 0.260 e. The molecule has 15 heavy (non-hydrogen) atoms. The Kier molecular flexibility index (Phi) is 3.29. The predicted molar refractivity (Wildman–Crippen MR) is 55.3 cm³/mol. The van der Waals surface area contributed by atoms with Crippen LogP contribution >= 0.6 is 0 Å². The highest BCUT2D eigenvalue weighted by atomic mass is 19.1. The molecule has 1 amide bonds. The summed E-state index contributed by atoms with van der Waals surface area (Å²) in [4.78, 5) is 13.1. The first-order chi connectivity index (χ1) is 6.95. The summed E-state index contributed by atoms with van der Waals surface area (Å²) in [6.07, 6.45) is 0. The fourth-order valence-electron chi connectivity index (χ4n) is 1.14. The van der Waals surface area contributed by atoms with E-state index in [1.54, 1.807) is 7.05 Å². The summed E-state index contributed by atoms with van der Waals surface area (Å²) in [6, 6.07) is 3.76. The lowest BCUT2D eigenvalue weighted by Gasteiger charge is -2.21. The van der Waals surface area contributed by atoms with Crippen molar-refractivity contribution < 1.29 is 14.3 Å². The Labute approximate surface area is 88.1 Å². The van der Waals surface area contributed by atoms with Crippen LogP contribution in [0.2, 0.25) is 0 Å². The molecule has 0 fully saturated rings. The number of phenols is 1. The molecule has 1 rings (SSSR count). The Hall–Kier alpha value is -1.58. The van der Waals surface area contributed by atoms with Gasteiger partial charge in [-0.25, -0.2) is 4.39 Å². The van der Waals surface area contributed by atoms with E-state index in [2.05, 4.69) is 0 Å². The number of nitrogens with zero attached hydrogens (tertiary/aromatic N) is 1. The van der Waals surface area contributed by atoms with Crippen LogP contribution in [0.1, 0.15) is 24.2 Å². The monoisotopic (exact) mass is 211 g/mol. The Bertz CT molecular complexity index is 357. The number of hydrogen-bond donors (Lipinski definition) is 1. The largest absolute Gasteiger partial charge is 0.507 e.